The Labute approximate surface area is 187 Å². The van der Waals surface area contributed by atoms with Gasteiger partial charge < -0.3 is 20.1 Å². The summed E-state index contributed by atoms with van der Waals surface area (Å²) in [4.78, 5) is 31.0. The van der Waals surface area contributed by atoms with Crippen LogP contribution in [0, 0.1) is 5.92 Å². The molecular weight excluding hydrogens is 406 g/mol. The number of hydrogen-bond acceptors (Lipinski definition) is 6. The third kappa shape index (κ3) is 3.98. The van der Waals surface area contributed by atoms with E-state index in [1.807, 2.05) is 13.0 Å². The molecule has 1 aliphatic carbocycles. The summed E-state index contributed by atoms with van der Waals surface area (Å²) in [6, 6.07) is 10.8. The molecule has 0 bridgehead atoms. The van der Waals surface area contributed by atoms with Gasteiger partial charge in [0.15, 0.2) is 5.78 Å². The molecule has 166 valence electrons. The van der Waals surface area contributed by atoms with Crippen LogP contribution in [0.2, 0.25) is 0 Å². The third-order valence-corrected chi connectivity index (χ3v) is 5.93. The van der Waals surface area contributed by atoms with Crippen molar-refractivity contribution in [2.75, 3.05) is 19.5 Å². The highest BCUT2D eigenvalue weighted by Crippen LogP contribution is 2.46. The van der Waals surface area contributed by atoms with Gasteiger partial charge in [-0.3, -0.25) is 9.59 Å². The number of methoxy groups -OCH3 is 2. The minimum Gasteiger partial charge on any atom is -0.497 e. The molecule has 4 rings (SSSR count). The van der Waals surface area contributed by atoms with Gasteiger partial charge in [0.05, 0.1) is 20.1 Å². The molecule has 0 fully saturated rings. The maximum absolute atomic E-state index is 13.5. The molecule has 0 saturated carbocycles. The fraction of sp³-hybridized carbons (Fsp3) is 0.320. The molecule has 0 unspecified atom stereocenters. The molecule has 2 aliphatic rings. The van der Waals surface area contributed by atoms with Gasteiger partial charge in [0.2, 0.25) is 0 Å². The molecule has 1 aromatic heterocycles. The topological polar surface area (TPSA) is 89.6 Å². The number of rotatable bonds is 5. The summed E-state index contributed by atoms with van der Waals surface area (Å²) in [5.41, 5.74) is 3.37. The molecule has 2 aromatic rings. The lowest BCUT2D eigenvalue weighted by atomic mass is 9.72. The molecular formula is C25H27N3O4. The first kappa shape index (κ1) is 21.6. The van der Waals surface area contributed by atoms with Gasteiger partial charge in [-0.05, 0) is 49.6 Å². The highest BCUT2D eigenvalue weighted by Gasteiger charge is 2.41. The second-order valence-electron chi connectivity index (χ2n) is 8.20. The summed E-state index contributed by atoms with van der Waals surface area (Å²) < 4.78 is 11.1. The van der Waals surface area contributed by atoms with Crippen molar-refractivity contribution < 1.29 is 19.1 Å². The number of nitrogens with zero attached hydrogens (tertiary/aromatic N) is 1. The van der Waals surface area contributed by atoms with Gasteiger partial charge in [-0.25, -0.2) is 4.98 Å². The second kappa shape index (κ2) is 8.86. The number of ether oxygens (including phenoxy) is 2. The van der Waals surface area contributed by atoms with Crippen LogP contribution in [0.4, 0.5) is 5.82 Å². The molecule has 1 amide bonds. The summed E-state index contributed by atoms with van der Waals surface area (Å²) in [5.74, 6) is 1.03. The van der Waals surface area contributed by atoms with Crippen molar-refractivity contribution in [3.05, 3.63) is 70.7 Å². The van der Waals surface area contributed by atoms with Gasteiger partial charge in [0, 0.05) is 40.7 Å². The molecule has 0 spiro atoms. The van der Waals surface area contributed by atoms with Gasteiger partial charge in [-0.1, -0.05) is 13.0 Å². The molecule has 7 heteroatoms. The first-order chi connectivity index (χ1) is 15.4. The number of anilines is 1. The SMILES string of the molecule is COc1ccc(OC)c([C@@H]2C(C(=O)Nc3ccccn3)=C(C)NC3=C2C(=O)C[C@H](C)C3)c1. The van der Waals surface area contributed by atoms with Crippen LogP contribution in [0.15, 0.2) is 65.1 Å². The molecule has 2 heterocycles. The maximum Gasteiger partial charge on any atom is 0.255 e. The van der Waals surface area contributed by atoms with Crippen LogP contribution in [0.3, 0.4) is 0 Å². The van der Waals surface area contributed by atoms with Crippen molar-refractivity contribution in [1.29, 1.82) is 0 Å². The number of pyridine rings is 1. The van der Waals surface area contributed by atoms with E-state index in [1.54, 1.807) is 50.7 Å². The van der Waals surface area contributed by atoms with Crippen molar-refractivity contribution >= 4 is 17.5 Å². The number of carbonyl (C=O) groups is 2. The Morgan fingerprint density at radius 3 is 2.66 bits per heavy atom. The average molecular weight is 434 g/mol. The molecule has 32 heavy (non-hydrogen) atoms. The number of nitrogens with one attached hydrogen (secondary N) is 2. The highest BCUT2D eigenvalue weighted by molar-refractivity contribution is 6.09. The van der Waals surface area contributed by atoms with Crippen LogP contribution >= 0.6 is 0 Å². The van der Waals surface area contributed by atoms with E-state index in [2.05, 4.69) is 22.5 Å². The van der Waals surface area contributed by atoms with E-state index in [4.69, 9.17) is 9.47 Å². The van der Waals surface area contributed by atoms with Gasteiger partial charge in [-0.2, -0.15) is 0 Å². The number of amides is 1. The number of Topliss-reactive ketones (excluding diaryl/α,β-unsaturated/α-hetero) is 1. The molecule has 7 nitrogen and oxygen atoms in total. The van der Waals surface area contributed by atoms with Crippen molar-refractivity contribution in [3.63, 3.8) is 0 Å². The van der Waals surface area contributed by atoms with Crippen LogP contribution in [0.5, 0.6) is 11.5 Å². The standard InChI is InChI=1S/C25H27N3O4/c1-14-11-18-24(19(29)12-14)23(17-13-16(31-3)8-9-20(17)32-4)22(15(2)27-18)25(30)28-21-7-5-6-10-26-21/h5-10,13-14,23,27H,11-12H2,1-4H3,(H,26,28,30)/t14-,23-/m1/s1. The Balaban J connectivity index is 1.88. The first-order valence-electron chi connectivity index (χ1n) is 10.6. The number of benzene rings is 1. The van der Waals surface area contributed by atoms with Crippen molar-refractivity contribution in [1.82, 2.24) is 10.3 Å². The molecule has 1 aromatic carbocycles. The Morgan fingerprint density at radius 1 is 1.16 bits per heavy atom. The zero-order valence-electron chi connectivity index (χ0n) is 18.7. The molecule has 0 saturated heterocycles. The number of carbonyl (C=O) groups excluding carboxylic acids is 2. The minimum absolute atomic E-state index is 0.0387. The quantitative estimate of drug-likeness (QED) is 0.742. The lowest BCUT2D eigenvalue weighted by Crippen LogP contribution is -2.37. The number of aromatic nitrogens is 1. The monoisotopic (exact) mass is 433 g/mol. The zero-order chi connectivity index (χ0) is 22.8. The number of allylic oxidation sites excluding steroid dienone is 3. The predicted octanol–water partition coefficient (Wildman–Crippen LogP) is 3.95. The molecule has 2 atom stereocenters. The van der Waals surface area contributed by atoms with Gasteiger partial charge in [0.1, 0.15) is 17.3 Å². The minimum atomic E-state index is -0.583. The third-order valence-electron chi connectivity index (χ3n) is 5.93. The summed E-state index contributed by atoms with van der Waals surface area (Å²) in [7, 11) is 3.17. The van der Waals surface area contributed by atoms with E-state index < -0.39 is 5.92 Å². The lowest BCUT2D eigenvalue weighted by Gasteiger charge is -2.36. The number of ketones is 1. The Morgan fingerprint density at radius 2 is 1.97 bits per heavy atom. The van der Waals surface area contributed by atoms with E-state index in [0.29, 0.717) is 46.1 Å². The van der Waals surface area contributed by atoms with Crippen molar-refractivity contribution in [2.24, 2.45) is 5.92 Å². The van der Waals surface area contributed by atoms with E-state index in [-0.39, 0.29) is 17.6 Å². The molecule has 0 radical (unpaired) electrons. The maximum atomic E-state index is 13.5. The Bertz CT molecular complexity index is 1120. The predicted molar refractivity (Wildman–Crippen MR) is 121 cm³/mol. The Kier molecular flexibility index (Phi) is 5.99. The van der Waals surface area contributed by atoms with Crippen LogP contribution in [0.25, 0.3) is 0 Å². The fourth-order valence-corrected chi connectivity index (χ4v) is 4.53. The van der Waals surface area contributed by atoms with Crippen molar-refractivity contribution in [2.45, 2.75) is 32.6 Å². The second-order valence-corrected chi connectivity index (χ2v) is 8.20. The lowest BCUT2D eigenvalue weighted by molar-refractivity contribution is -0.117. The van der Waals surface area contributed by atoms with E-state index in [1.165, 1.54) is 0 Å². The summed E-state index contributed by atoms with van der Waals surface area (Å²) in [6.45, 7) is 3.92. The van der Waals surface area contributed by atoms with Crippen LogP contribution in [-0.2, 0) is 9.59 Å². The Hall–Kier alpha value is -3.61. The van der Waals surface area contributed by atoms with E-state index in [9.17, 15) is 9.59 Å². The van der Waals surface area contributed by atoms with Crippen LogP contribution < -0.4 is 20.1 Å². The number of dihydropyridines is 1. The van der Waals surface area contributed by atoms with Gasteiger partial charge in [-0.15, -0.1) is 0 Å². The first-order valence-corrected chi connectivity index (χ1v) is 10.6. The summed E-state index contributed by atoms with van der Waals surface area (Å²) >= 11 is 0. The van der Waals surface area contributed by atoms with Gasteiger partial charge >= 0.3 is 0 Å². The number of hydrogen-bond donors (Lipinski definition) is 2. The van der Waals surface area contributed by atoms with Crippen LogP contribution in [-0.4, -0.2) is 30.9 Å². The fourth-order valence-electron chi connectivity index (χ4n) is 4.53. The van der Waals surface area contributed by atoms with Crippen LogP contribution in [0.1, 0.15) is 38.2 Å². The van der Waals surface area contributed by atoms with E-state index in [0.717, 1.165) is 12.1 Å². The van der Waals surface area contributed by atoms with Gasteiger partial charge in [0.25, 0.3) is 5.91 Å². The molecule has 1 aliphatic heterocycles. The molecule has 2 N–H and O–H groups in total. The summed E-state index contributed by atoms with van der Waals surface area (Å²) in [6.07, 6.45) is 2.80. The smallest absolute Gasteiger partial charge is 0.255 e. The van der Waals surface area contributed by atoms with Crippen molar-refractivity contribution in [3.8, 4) is 11.5 Å². The zero-order valence-corrected chi connectivity index (χ0v) is 18.7. The largest absolute Gasteiger partial charge is 0.497 e. The highest BCUT2D eigenvalue weighted by atomic mass is 16.5. The van der Waals surface area contributed by atoms with E-state index >= 15 is 0 Å². The average Bonchev–Trinajstić information content (AvgIpc) is 2.78. The normalized spacial score (nSPS) is 20.4. The summed E-state index contributed by atoms with van der Waals surface area (Å²) in [5, 5.41) is 6.22.